The summed E-state index contributed by atoms with van der Waals surface area (Å²) in [5, 5.41) is 8.60. The van der Waals surface area contributed by atoms with Gasteiger partial charge in [0.25, 0.3) is 5.91 Å². The van der Waals surface area contributed by atoms with Gasteiger partial charge in [-0.1, -0.05) is 12.1 Å². The predicted octanol–water partition coefficient (Wildman–Crippen LogP) is 2.76. The van der Waals surface area contributed by atoms with Crippen molar-refractivity contribution in [2.45, 2.75) is 31.7 Å². The Labute approximate surface area is 184 Å². The normalized spacial score (nSPS) is 12.9. The Morgan fingerprint density at radius 3 is 2.71 bits per heavy atom. The van der Waals surface area contributed by atoms with Crippen LogP contribution in [0.2, 0.25) is 0 Å². The topological polar surface area (TPSA) is 93.2 Å². The summed E-state index contributed by atoms with van der Waals surface area (Å²) in [5.41, 5.74) is 2.80. The Morgan fingerprint density at radius 1 is 1.13 bits per heavy atom. The molecule has 1 saturated carbocycles. The molecule has 8 heteroatoms. The van der Waals surface area contributed by atoms with E-state index in [1.165, 1.54) is 11.3 Å². The molecule has 0 saturated heterocycles. The number of amides is 2. The first kappa shape index (κ1) is 21.0. The Hall–Kier alpha value is -3.26. The lowest BCUT2D eigenvalue weighted by Gasteiger charge is -2.08. The zero-order chi connectivity index (χ0) is 21.5. The average molecular weight is 437 g/mol. The molecule has 7 nitrogen and oxygen atoms in total. The molecule has 0 radical (unpaired) electrons. The monoisotopic (exact) mass is 436 g/mol. The maximum atomic E-state index is 12.2. The molecule has 3 aromatic rings. The maximum absolute atomic E-state index is 12.2. The molecule has 1 aliphatic rings. The molecule has 2 N–H and O–H groups in total. The van der Waals surface area contributed by atoms with Gasteiger partial charge in [-0.15, -0.1) is 11.3 Å². The third-order valence-electron chi connectivity index (χ3n) is 4.77. The van der Waals surface area contributed by atoms with Gasteiger partial charge in [0, 0.05) is 35.9 Å². The van der Waals surface area contributed by atoms with Gasteiger partial charge in [0.2, 0.25) is 5.91 Å². The van der Waals surface area contributed by atoms with Crippen molar-refractivity contribution in [2.75, 3.05) is 13.2 Å². The molecule has 2 aromatic heterocycles. The zero-order valence-electron chi connectivity index (χ0n) is 17.0. The van der Waals surface area contributed by atoms with Gasteiger partial charge in [0.05, 0.1) is 12.1 Å². The number of ether oxygens (including phenoxy) is 1. The van der Waals surface area contributed by atoms with E-state index in [1.807, 2.05) is 41.8 Å². The van der Waals surface area contributed by atoms with Crippen molar-refractivity contribution in [1.29, 1.82) is 0 Å². The number of thiazole rings is 1. The van der Waals surface area contributed by atoms with Crippen molar-refractivity contribution in [3.05, 3.63) is 65.4 Å². The number of nitrogens with zero attached hydrogens (tertiary/aromatic N) is 2. The zero-order valence-corrected chi connectivity index (χ0v) is 17.9. The Kier molecular flexibility index (Phi) is 6.89. The van der Waals surface area contributed by atoms with Crippen molar-refractivity contribution in [1.82, 2.24) is 20.6 Å². The summed E-state index contributed by atoms with van der Waals surface area (Å²) < 4.78 is 5.50. The van der Waals surface area contributed by atoms with Crippen molar-refractivity contribution < 1.29 is 14.3 Å². The van der Waals surface area contributed by atoms with Crippen LogP contribution in [0, 0.1) is 0 Å². The van der Waals surface area contributed by atoms with E-state index in [0.717, 1.165) is 34.7 Å². The molecular weight excluding hydrogens is 412 g/mol. The molecule has 2 amide bonds. The van der Waals surface area contributed by atoms with Crippen LogP contribution < -0.4 is 15.4 Å². The minimum absolute atomic E-state index is 0.0328. The highest BCUT2D eigenvalue weighted by Crippen LogP contribution is 2.22. The maximum Gasteiger partial charge on any atom is 0.258 e. The number of carbonyl (C=O) groups excluding carboxylic acids is 2. The van der Waals surface area contributed by atoms with Gasteiger partial charge in [-0.3, -0.25) is 14.6 Å². The third kappa shape index (κ3) is 6.62. The Bertz CT molecular complexity index is 1020. The quantitative estimate of drug-likeness (QED) is 0.510. The number of aromatic nitrogens is 2. The first-order chi connectivity index (χ1) is 15.2. The second-order valence-electron chi connectivity index (χ2n) is 7.44. The highest BCUT2D eigenvalue weighted by Gasteiger charge is 2.23. The van der Waals surface area contributed by atoms with Gasteiger partial charge in [-0.05, 0) is 49.1 Å². The predicted molar refractivity (Wildman–Crippen MR) is 119 cm³/mol. The van der Waals surface area contributed by atoms with Crippen molar-refractivity contribution in [3.8, 4) is 16.3 Å². The fraction of sp³-hybridized carbons (Fsp3) is 0.304. The molecule has 31 heavy (non-hydrogen) atoms. The highest BCUT2D eigenvalue weighted by molar-refractivity contribution is 7.13. The van der Waals surface area contributed by atoms with Crippen LogP contribution in [0.3, 0.4) is 0 Å². The Morgan fingerprint density at radius 2 is 1.97 bits per heavy atom. The van der Waals surface area contributed by atoms with Gasteiger partial charge in [0.15, 0.2) is 6.61 Å². The fourth-order valence-electron chi connectivity index (χ4n) is 2.98. The molecule has 1 aliphatic carbocycles. The highest BCUT2D eigenvalue weighted by atomic mass is 32.1. The van der Waals surface area contributed by atoms with Crippen molar-refractivity contribution in [2.24, 2.45) is 0 Å². The van der Waals surface area contributed by atoms with Gasteiger partial charge in [-0.25, -0.2) is 4.98 Å². The summed E-state index contributed by atoms with van der Waals surface area (Å²) in [7, 11) is 0. The van der Waals surface area contributed by atoms with E-state index in [4.69, 9.17) is 4.74 Å². The van der Waals surface area contributed by atoms with Crippen LogP contribution >= 0.6 is 11.3 Å². The van der Waals surface area contributed by atoms with Gasteiger partial charge in [-0.2, -0.15) is 0 Å². The van der Waals surface area contributed by atoms with Crippen LogP contribution in [0.25, 0.3) is 10.6 Å². The minimum atomic E-state index is -0.0815. The summed E-state index contributed by atoms with van der Waals surface area (Å²) in [6, 6.07) is 11.7. The number of rotatable bonds is 10. The lowest BCUT2D eigenvalue weighted by atomic mass is 10.1. The second-order valence-corrected chi connectivity index (χ2v) is 8.29. The summed E-state index contributed by atoms with van der Waals surface area (Å²) >= 11 is 1.51. The van der Waals surface area contributed by atoms with Gasteiger partial charge in [0.1, 0.15) is 10.8 Å². The molecule has 2 heterocycles. The SMILES string of the molecule is O=C(Cc1csc(-c2cccnc2)n1)NCCc1ccc(OCC(=O)NC2CC2)cc1. The number of carbonyl (C=O) groups is 2. The number of hydrogen-bond donors (Lipinski definition) is 2. The summed E-state index contributed by atoms with van der Waals surface area (Å²) in [6.07, 6.45) is 6.58. The first-order valence-electron chi connectivity index (χ1n) is 10.3. The van der Waals surface area contributed by atoms with E-state index in [0.29, 0.717) is 24.8 Å². The molecule has 0 bridgehead atoms. The molecular formula is C23H24N4O3S. The van der Waals surface area contributed by atoms with Crippen LogP contribution in [0.15, 0.2) is 54.2 Å². The van der Waals surface area contributed by atoms with E-state index in [-0.39, 0.29) is 24.8 Å². The van der Waals surface area contributed by atoms with Gasteiger partial charge < -0.3 is 15.4 Å². The standard InChI is InChI=1S/C23H24N4O3S/c28-21(12-19-15-31-23(27-19)17-2-1-10-24-13-17)25-11-9-16-3-7-20(8-4-16)30-14-22(29)26-18-5-6-18/h1-4,7-8,10,13,15,18H,5-6,9,11-12,14H2,(H,25,28)(H,26,29). The lowest BCUT2D eigenvalue weighted by Crippen LogP contribution is -2.30. The molecule has 0 atom stereocenters. The first-order valence-corrected chi connectivity index (χ1v) is 11.2. The summed E-state index contributed by atoms with van der Waals surface area (Å²) in [4.78, 5) is 32.5. The van der Waals surface area contributed by atoms with Crippen molar-refractivity contribution >= 4 is 23.2 Å². The van der Waals surface area contributed by atoms with Crippen LogP contribution in [-0.2, 0) is 22.4 Å². The number of benzene rings is 1. The molecule has 0 aliphatic heterocycles. The smallest absolute Gasteiger partial charge is 0.258 e. The summed E-state index contributed by atoms with van der Waals surface area (Å²) in [5.74, 6) is 0.526. The van der Waals surface area contributed by atoms with Gasteiger partial charge >= 0.3 is 0 Å². The molecule has 0 unspecified atom stereocenters. The second kappa shape index (κ2) is 10.2. The largest absolute Gasteiger partial charge is 0.484 e. The van der Waals surface area contributed by atoms with Crippen LogP contribution in [0.4, 0.5) is 0 Å². The van der Waals surface area contributed by atoms with E-state index < -0.39 is 0 Å². The lowest BCUT2D eigenvalue weighted by molar-refractivity contribution is -0.123. The molecule has 160 valence electrons. The molecule has 0 spiro atoms. The third-order valence-corrected chi connectivity index (χ3v) is 5.71. The van der Waals surface area contributed by atoms with E-state index in [1.54, 1.807) is 12.4 Å². The van der Waals surface area contributed by atoms with Crippen LogP contribution in [-0.4, -0.2) is 41.0 Å². The number of hydrogen-bond acceptors (Lipinski definition) is 6. The van der Waals surface area contributed by atoms with Crippen molar-refractivity contribution in [3.63, 3.8) is 0 Å². The van der Waals surface area contributed by atoms with E-state index >= 15 is 0 Å². The molecule has 1 fully saturated rings. The van der Waals surface area contributed by atoms with E-state index in [9.17, 15) is 9.59 Å². The van der Waals surface area contributed by atoms with E-state index in [2.05, 4.69) is 20.6 Å². The average Bonchev–Trinajstić information content (AvgIpc) is 3.48. The number of pyridine rings is 1. The molecule has 1 aromatic carbocycles. The number of nitrogens with one attached hydrogen (secondary N) is 2. The van der Waals surface area contributed by atoms with Crippen LogP contribution in [0.1, 0.15) is 24.1 Å². The minimum Gasteiger partial charge on any atom is -0.484 e. The summed E-state index contributed by atoms with van der Waals surface area (Å²) in [6.45, 7) is 0.577. The van der Waals surface area contributed by atoms with Crippen LogP contribution in [0.5, 0.6) is 5.75 Å². The Balaban J connectivity index is 1.16. The fourth-order valence-corrected chi connectivity index (χ4v) is 3.79. The molecule has 4 rings (SSSR count).